The minimum absolute atomic E-state index is 0.0752. The summed E-state index contributed by atoms with van der Waals surface area (Å²) in [5.41, 5.74) is 0.237. The Morgan fingerprint density at radius 3 is 3.00 bits per heavy atom. The summed E-state index contributed by atoms with van der Waals surface area (Å²) in [5.74, 6) is -0.898. The number of furan rings is 1. The minimum Gasteiger partial charge on any atom is -0.475 e. The number of hydrogen-bond acceptors (Lipinski definition) is 5. The number of nitrogens with zero attached hydrogens (tertiary/aromatic N) is 1. The number of methoxy groups -OCH3 is 1. The molecule has 2 heterocycles. The van der Waals surface area contributed by atoms with E-state index in [2.05, 4.69) is 4.98 Å². The second kappa shape index (κ2) is 4.19. The molecule has 6 heteroatoms. The van der Waals surface area contributed by atoms with Gasteiger partial charge in [0.2, 0.25) is 5.76 Å². The molecule has 0 aliphatic heterocycles. The summed E-state index contributed by atoms with van der Waals surface area (Å²) in [5, 5.41) is 8.88. The number of carbonyl (C=O) groups is 1. The fourth-order valence-corrected chi connectivity index (χ4v) is 1.26. The molecule has 0 fully saturated rings. The van der Waals surface area contributed by atoms with Crippen molar-refractivity contribution in [2.45, 2.75) is 6.61 Å². The van der Waals surface area contributed by atoms with Crippen LogP contribution in [0.4, 0.5) is 0 Å². The SMILES string of the molecule is COCc1nc(-c2ccco2)oc1C(=O)O. The standard InChI is InChI=1S/C10H9NO5/c1-14-5-6-8(10(12)13)16-9(11-6)7-3-2-4-15-7/h2-4H,5H2,1H3,(H,12,13). The predicted molar refractivity (Wildman–Crippen MR) is 51.9 cm³/mol. The molecular formula is C10H9NO5. The molecule has 6 nitrogen and oxygen atoms in total. The molecule has 0 saturated heterocycles. The number of aromatic nitrogens is 1. The Morgan fingerprint density at radius 1 is 1.62 bits per heavy atom. The Bertz CT molecular complexity index is 485. The Hall–Kier alpha value is -2.08. The Balaban J connectivity index is 2.42. The summed E-state index contributed by atoms with van der Waals surface area (Å²) in [4.78, 5) is 14.9. The van der Waals surface area contributed by atoms with Crippen molar-refractivity contribution in [3.05, 3.63) is 29.9 Å². The molecule has 16 heavy (non-hydrogen) atoms. The molecule has 2 aromatic heterocycles. The van der Waals surface area contributed by atoms with Crippen LogP contribution in [0.15, 0.2) is 27.2 Å². The highest BCUT2D eigenvalue weighted by Gasteiger charge is 2.21. The second-order valence-corrected chi connectivity index (χ2v) is 3.01. The number of aromatic carboxylic acids is 1. The van der Waals surface area contributed by atoms with E-state index in [1.165, 1.54) is 13.4 Å². The van der Waals surface area contributed by atoms with Gasteiger partial charge < -0.3 is 18.7 Å². The molecule has 0 aromatic carbocycles. The van der Waals surface area contributed by atoms with Crippen LogP contribution in [0, 0.1) is 0 Å². The Labute approximate surface area is 90.5 Å². The van der Waals surface area contributed by atoms with Gasteiger partial charge in [0.15, 0.2) is 5.76 Å². The fraction of sp³-hybridized carbons (Fsp3) is 0.200. The lowest BCUT2D eigenvalue weighted by atomic mass is 10.3. The maximum atomic E-state index is 10.9. The molecule has 0 aliphatic rings. The third-order valence-corrected chi connectivity index (χ3v) is 1.90. The largest absolute Gasteiger partial charge is 0.475 e. The molecule has 0 radical (unpaired) electrons. The molecule has 0 aliphatic carbocycles. The van der Waals surface area contributed by atoms with E-state index in [0.29, 0.717) is 5.76 Å². The lowest BCUT2D eigenvalue weighted by molar-refractivity contribution is 0.0656. The number of oxazole rings is 1. The average Bonchev–Trinajstić information content (AvgIpc) is 2.83. The number of carboxylic acid groups (broad SMARTS) is 1. The van der Waals surface area contributed by atoms with Crippen molar-refractivity contribution in [3.8, 4) is 11.7 Å². The van der Waals surface area contributed by atoms with Crippen LogP contribution in [0.1, 0.15) is 16.2 Å². The van der Waals surface area contributed by atoms with Crippen molar-refractivity contribution in [2.75, 3.05) is 7.11 Å². The summed E-state index contributed by atoms with van der Waals surface area (Å²) in [7, 11) is 1.45. The van der Waals surface area contributed by atoms with Crippen molar-refractivity contribution < 1.29 is 23.5 Å². The van der Waals surface area contributed by atoms with E-state index in [1.54, 1.807) is 12.1 Å². The maximum Gasteiger partial charge on any atom is 0.373 e. The lowest BCUT2D eigenvalue weighted by Crippen LogP contribution is -2.00. The van der Waals surface area contributed by atoms with Gasteiger partial charge in [0, 0.05) is 7.11 Å². The van der Waals surface area contributed by atoms with Crippen LogP contribution >= 0.6 is 0 Å². The van der Waals surface area contributed by atoms with Gasteiger partial charge >= 0.3 is 5.97 Å². The molecule has 0 unspecified atom stereocenters. The summed E-state index contributed by atoms with van der Waals surface area (Å²) >= 11 is 0. The minimum atomic E-state index is -1.18. The molecule has 0 saturated carbocycles. The molecule has 0 atom stereocenters. The monoisotopic (exact) mass is 223 g/mol. The quantitative estimate of drug-likeness (QED) is 0.850. The zero-order valence-electron chi connectivity index (χ0n) is 8.47. The highest BCUT2D eigenvalue weighted by atomic mass is 16.5. The Kier molecular flexibility index (Phi) is 2.74. The molecule has 0 spiro atoms. The lowest BCUT2D eigenvalue weighted by Gasteiger charge is -1.92. The summed E-state index contributed by atoms with van der Waals surface area (Å²) < 4.78 is 15.0. The first-order valence-corrected chi connectivity index (χ1v) is 4.48. The van der Waals surface area contributed by atoms with Crippen molar-refractivity contribution in [2.24, 2.45) is 0 Å². The summed E-state index contributed by atoms with van der Waals surface area (Å²) in [6.45, 7) is 0.0752. The van der Waals surface area contributed by atoms with Crippen molar-refractivity contribution in [3.63, 3.8) is 0 Å². The zero-order valence-corrected chi connectivity index (χ0v) is 8.47. The van der Waals surface area contributed by atoms with Gasteiger partial charge in [-0.2, -0.15) is 0 Å². The smallest absolute Gasteiger partial charge is 0.373 e. The maximum absolute atomic E-state index is 10.9. The van der Waals surface area contributed by atoms with Gasteiger partial charge in [-0.1, -0.05) is 0 Å². The van der Waals surface area contributed by atoms with Crippen LogP contribution in [-0.2, 0) is 11.3 Å². The molecule has 0 bridgehead atoms. The van der Waals surface area contributed by atoms with E-state index in [0.717, 1.165) is 0 Å². The van der Waals surface area contributed by atoms with E-state index >= 15 is 0 Å². The van der Waals surface area contributed by atoms with Crippen LogP contribution < -0.4 is 0 Å². The molecule has 0 amide bonds. The van der Waals surface area contributed by atoms with E-state index in [9.17, 15) is 4.79 Å². The van der Waals surface area contributed by atoms with Gasteiger partial charge in [-0.25, -0.2) is 9.78 Å². The Morgan fingerprint density at radius 2 is 2.44 bits per heavy atom. The van der Waals surface area contributed by atoms with Crippen LogP contribution in [-0.4, -0.2) is 23.2 Å². The summed E-state index contributed by atoms with van der Waals surface area (Å²) in [6.07, 6.45) is 1.45. The highest BCUT2D eigenvalue weighted by Crippen LogP contribution is 2.22. The van der Waals surface area contributed by atoms with E-state index in [1.807, 2.05) is 0 Å². The number of carboxylic acids is 1. The van der Waals surface area contributed by atoms with Gasteiger partial charge in [0.05, 0.1) is 12.9 Å². The van der Waals surface area contributed by atoms with Crippen molar-refractivity contribution in [1.29, 1.82) is 0 Å². The number of hydrogen-bond donors (Lipinski definition) is 1. The first-order chi connectivity index (χ1) is 7.72. The zero-order chi connectivity index (χ0) is 11.5. The van der Waals surface area contributed by atoms with Gasteiger partial charge in [0.1, 0.15) is 5.69 Å². The second-order valence-electron chi connectivity index (χ2n) is 3.01. The summed E-state index contributed by atoms with van der Waals surface area (Å²) in [6, 6.07) is 3.30. The van der Waals surface area contributed by atoms with E-state index in [-0.39, 0.29) is 24.0 Å². The van der Waals surface area contributed by atoms with Gasteiger partial charge in [-0.15, -0.1) is 0 Å². The molecule has 1 N–H and O–H groups in total. The van der Waals surface area contributed by atoms with Gasteiger partial charge in [-0.05, 0) is 12.1 Å². The molecule has 2 rings (SSSR count). The van der Waals surface area contributed by atoms with Crippen molar-refractivity contribution >= 4 is 5.97 Å². The van der Waals surface area contributed by atoms with Gasteiger partial charge in [0.25, 0.3) is 5.89 Å². The molecule has 2 aromatic rings. The first-order valence-electron chi connectivity index (χ1n) is 4.48. The number of ether oxygens (including phenoxy) is 1. The molecular weight excluding hydrogens is 214 g/mol. The predicted octanol–water partition coefficient (Wildman–Crippen LogP) is 1.78. The highest BCUT2D eigenvalue weighted by molar-refractivity contribution is 5.86. The van der Waals surface area contributed by atoms with E-state index < -0.39 is 5.97 Å². The van der Waals surface area contributed by atoms with E-state index in [4.69, 9.17) is 18.7 Å². The number of rotatable bonds is 4. The average molecular weight is 223 g/mol. The van der Waals surface area contributed by atoms with Crippen LogP contribution in [0.2, 0.25) is 0 Å². The topological polar surface area (TPSA) is 85.7 Å². The fourth-order valence-electron chi connectivity index (χ4n) is 1.26. The van der Waals surface area contributed by atoms with Crippen LogP contribution in [0.5, 0.6) is 0 Å². The van der Waals surface area contributed by atoms with Crippen LogP contribution in [0.25, 0.3) is 11.7 Å². The van der Waals surface area contributed by atoms with Gasteiger partial charge in [-0.3, -0.25) is 0 Å². The third-order valence-electron chi connectivity index (χ3n) is 1.90. The third kappa shape index (κ3) is 1.82. The normalized spacial score (nSPS) is 10.6. The van der Waals surface area contributed by atoms with Crippen LogP contribution in [0.3, 0.4) is 0 Å². The first kappa shape index (κ1) is 10.4. The molecule has 84 valence electrons. The van der Waals surface area contributed by atoms with Crippen molar-refractivity contribution in [1.82, 2.24) is 4.98 Å².